The molecular formula is C22H23FN6O4. The van der Waals surface area contributed by atoms with Crippen molar-refractivity contribution >= 4 is 17.6 Å². The molecule has 3 aromatic heterocycles. The summed E-state index contributed by atoms with van der Waals surface area (Å²) in [5, 5.41) is 11.9. The number of fused-ring (bicyclic) bond motifs is 1. The SMILES string of the molecule is COc1cccc(F)c1CN(C(=O)OC(C)(C)C)c1ccc(-c2nc(C)no2)c2nncn12. The van der Waals surface area contributed by atoms with Gasteiger partial charge in [-0.2, -0.15) is 4.98 Å². The van der Waals surface area contributed by atoms with Crippen molar-refractivity contribution < 1.29 is 23.2 Å². The van der Waals surface area contributed by atoms with Crippen LogP contribution in [-0.4, -0.2) is 43.5 Å². The minimum absolute atomic E-state index is 0.156. The van der Waals surface area contributed by atoms with Gasteiger partial charge in [0, 0.05) is 5.56 Å². The van der Waals surface area contributed by atoms with Crippen LogP contribution in [0.1, 0.15) is 32.2 Å². The third-order valence-electron chi connectivity index (χ3n) is 4.69. The maximum Gasteiger partial charge on any atom is 0.416 e. The van der Waals surface area contributed by atoms with Crippen LogP contribution in [0.4, 0.5) is 15.0 Å². The minimum atomic E-state index is -0.776. The van der Waals surface area contributed by atoms with E-state index in [9.17, 15) is 9.18 Å². The Morgan fingerprint density at radius 2 is 2.03 bits per heavy atom. The highest BCUT2D eigenvalue weighted by Crippen LogP contribution is 2.30. The van der Waals surface area contributed by atoms with E-state index in [2.05, 4.69) is 20.3 Å². The van der Waals surface area contributed by atoms with Crippen molar-refractivity contribution in [1.82, 2.24) is 24.7 Å². The Kier molecular flexibility index (Phi) is 5.71. The first-order valence-corrected chi connectivity index (χ1v) is 10.1. The van der Waals surface area contributed by atoms with Crippen molar-refractivity contribution in [2.45, 2.75) is 39.8 Å². The van der Waals surface area contributed by atoms with Gasteiger partial charge < -0.3 is 14.0 Å². The Morgan fingerprint density at radius 1 is 1.24 bits per heavy atom. The molecule has 4 rings (SSSR count). The van der Waals surface area contributed by atoms with Gasteiger partial charge in [-0.1, -0.05) is 11.2 Å². The summed E-state index contributed by atoms with van der Waals surface area (Å²) in [6, 6.07) is 7.81. The average molecular weight is 454 g/mol. The van der Waals surface area contributed by atoms with Crippen LogP contribution >= 0.6 is 0 Å². The molecule has 0 spiro atoms. The second-order valence-electron chi connectivity index (χ2n) is 8.26. The summed E-state index contributed by atoms with van der Waals surface area (Å²) < 4.78 is 32.5. The Hall–Kier alpha value is -4.02. The number of benzene rings is 1. The summed E-state index contributed by atoms with van der Waals surface area (Å²) in [7, 11) is 1.44. The van der Waals surface area contributed by atoms with Gasteiger partial charge in [0.15, 0.2) is 11.5 Å². The molecule has 10 nitrogen and oxygen atoms in total. The molecule has 0 fully saturated rings. The van der Waals surface area contributed by atoms with E-state index in [-0.39, 0.29) is 18.0 Å². The fourth-order valence-electron chi connectivity index (χ4n) is 3.29. The quantitative estimate of drug-likeness (QED) is 0.442. The number of amides is 1. The first kappa shape index (κ1) is 22.2. The van der Waals surface area contributed by atoms with Crippen LogP contribution in [0.3, 0.4) is 0 Å². The van der Waals surface area contributed by atoms with Gasteiger partial charge >= 0.3 is 6.09 Å². The first-order chi connectivity index (χ1) is 15.7. The van der Waals surface area contributed by atoms with Crippen LogP contribution in [0.15, 0.2) is 41.2 Å². The number of aryl methyl sites for hydroxylation is 1. The number of halogens is 1. The van der Waals surface area contributed by atoms with Crippen LogP contribution in [0.25, 0.3) is 17.1 Å². The Labute approximate surface area is 188 Å². The number of hydrogen-bond acceptors (Lipinski definition) is 8. The molecule has 1 aromatic carbocycles. The molecule has 33 heavy (non-hydrogen) atoms. The van der Waals surface area contributed by atoms with E-state index >= 15 is 0 Å². The van der Waals surface area contributed by atoms with Crippen molar-refractivity contribution in [2.24, 2.45) is 0 Å². The van der Waals surface area contributed by atoms with Crippen LogP contribution in [0.5, 0.6) is 5.75 Å². The molecule has 4 aromatic rings. The van der Waals surface area contributed by atoms with Crippen LogP contribution in [0.2, 0.25) is 0 Å². The van der Waals surface area contributed by atoms with E-state index < -0.39 is 17.5 Å². The van der Waals surface area contributed by atoms with Gasteiger partial charge in [-0.05, 0) is 52.0 Å². The molecule has 0 aliphatic heterocycles. The fraction of sp³-hybridized carbons (Fsp3) is 0.318. The fourth-order valence-corrected chi connectivity index (χ4v) is 3.29. The molecule has 0 N–H and O–H groups in total. The average Bonchev–Trinajstić information content (AvgIpc) is 3.40. The van der Waals surface area contributed by atoms with Gasteiger partial charge in [-0.15, -0.1) is 10.2 Å². The number of aromatic nitrogens is 5. The van der Waals surface area contributed by atoms with E-state index in [1.54, 1.807) is 50.3 Å². The molecular weight excluding hydrogens is 431 g/mol. The third-order valence-corrected chi connectivity index (χ3v) is 4.69. The monoisotopic (exact) mass is 454 g/mol. The number of ether oxygens (including phenoxy) is 2. The molecule has 172 valence electrons. The van der Waals surface area contributed by atoms with Crippen LogP contribution in [0, 0.1) is 12.7 Å². The number of carbonyl (C=O) groups excluding carboxylic acids is 1. The molecule has 0 bridgehead atoms. The van der Waals surface area contributed by atoms with Crippen LogP contribution < -0.4 is 9.64 Å². The standard InChI is InChI=1S/C22H23FN6O4/c1-13-25-20(33-27-13)14-9-10-18(29-12-24-26-19(14)29)28(21(30)32-22(2,3)4)11-15-16(23)7-6-8-17(15)31-5/h6-10,12H,11H2,1-5H3. The minimum Gasteiger partial charge on any atom is -0.496 e. The van der Waals surface area contributed by atoms with E-state index in [0.29, 0.717) is 28.6 Å². The molecule has 11 heteroatoms. The Balaban J connectivity index is 1.84. The predicted molar refractivity (Wildman–Crippen MR) is 116 cm³/mol. The number of nitrogens with zero attached hydrogens (tertiary/aromatic N) is 6. The normalized spacial score (nSPS) is 11.6. The molecule has 0 atom stereocenters. The Morgan fingerprint density at radius 3 is 2.70 bits per heavy atom. The van der Waals surface area contributed by atoms with Crippen molar-refractivity contribution in [3.63, 3.8) is 0 Å². The summed E-state index contributed by atoms with van der Waals surface area (Å²) in [5.74, 6) is 0.877. The summed E-state index contributed by atoms with van der Waals surface area (Å²) >= 11 is 0. The van der Waals surface area contributed by atoms with Gasteiger partial charge in [-0.25, -0.2) is 9.18 Å². The number of pyridine rings is 1. The zero-order chi connectivity index (χ0) is 23.8. The maximum atomic E-state index is 14.7. The van der Waals surface area contributed by atoms with Crippen molar-refractivity contribution in [3.05, 3.63) is 53.9 Å². The van der Waals surface area contributed by atoms with Crippen LogP contribution in [-0.2, 0) is 11.3 Å². The molecule has 3 heterocycles. The summed E-state index contributed by atoms with van der Waals surface area (Å²) in [6.07, 6.45) is 0.761. The van der Waals surface area contributed by atoms with Gasteiger partial charge in [0.1, 0.15) is 29.3 Å². The van der Waals surface area contributed by atoms with E-state index in [1.165, 1.54) is 30.5 Å². The number of hydrogen-bond donors (Lipinski definition) is 0. The number of rotatable bonds is 5. The molecule has 0 saturated heterocycles. The largest absolute Gasteiger partial charge is 0.496 e. The Bertz CT molecular complexity index is 1310. The van der Waals surface area contributed by atoms with Gasteiger partial charge in [0.25, 0.3) is 5.89 Å². The van der Waals surface area contributed by atoms with Gasteiger partial charge in [0.2, 0.25) is 0 Å². The zero-order valence-electron chi connectivity index (χ0n) is 18.9. The summed E-state index contributed by atoms with van der Waals surface area (Å²) in [6.45, 7) is 6.80. The first-order valence-electron chi connectivity index (χ1n) is 10.1. The highest BCUT2D eigenvalue weighted by atomic mass is 19.1. The van der Waals surface area contributed by atoms with E-state index in [1.807, 2.05) is 0 Å². The summed E-state index contributed by atoms with van der Waals surface area (Å²) in [5.41, 5.74) is 0.334. The molecule has 1 amide bonds. The number of methoxy groups -OCH3 is 1. The van der Waals surface area contributed by atoms with Gasteiger partial charge in [-0.3, -0.25) is 9.30 Å². The highest BCUT2D eigenvalue weighted by Gasteiger charge is 2.28. The molecule has 0 saturated carbocycles. The van der Waals surface area contributed by atoms with Crippen molar-refractivity contribution in [2.75, 3.05) is 12.0 Å². The van der Waals surface area contributed by atoms with Gasteiger partial charge in [0.05, 0.1) is 19.2 Å². The van der Waals surface area contributed by atoms with E-state index in [0.717, 1.165) is 0 Å². The predicted octanol–water partition coefficient (Wildman–Crippen LogP) is 4.18. The van der Waals surface area contributed by atoms with Crippen molar-refractivity contribution in [1.29, 1.82) is 0 Å². The third kappa shape index (κ3) is 4.47. The number of carbonyl (C=O) groups is 1. The number of anilines is 1. The second-order valence-corrected chi connectivity index (χ2v) is 8.26. The lowest BCUT2D eigenvalue weighted by Crippen LogP contribution is -2.37. The lowest BCUT2D eigenvalue weighted by atomic mass is 10.1. The lowest BCUT2D eigenvalue weighted by molar-refractivity contribution is 0.0575. The molecule has 0 radical (unpaired) electrons. The molecule has 0 aliphatic rings. The summed E-state index contributed by atoms with van der Waals surface area (Å²) in [4.78, 5) is 18.8. The topological polar surface area (TPSA) is 108 Å². The smallest absolute Gasteiger partial charge is 0.416 e. The molecule has 0 aliphatic carbocycles. The van der Waals surface area contributed by atoms with E-state index in [4.69, 9.17) is 14.0 Å². The second kappa shape index (κ2) is 8.49. The zero-order valence-corrected chi connectivity index (χ0v) is 18.9. The highest BCUT2D eigenvalue weighted by molar-refractivity contribution is 5.88. The molecule has 0 unspecified atom stereocenters. The lowest BCUT2D eigenvalue weighted by Gasteiger charge is -2.28. The maximum absolute atomic E-state index is 14.7. The van der Waals surface area contributed by atoms with Crippen molar-refractivity contribution in [3.8, 4) is 17.2 Å².